The molecule has 0 spiro atoms. The summed E-state index contributed by atoms with van der Waals surface area (Å²) >= 11 is 12.1. The van der Waals surface area contributed by atoms with Crippen LogP contribution in [-0.2, 0) is 6.54 Å². The highest BCUT2D eigenvalue weighted by Crippen LogP contribution is 2.26. The molecule has 3 nitrogen and oxygen atoms in total. The summed E-state index contributed by atoms with van der Waals surface area (Å²) in [6, 6.07) is 14.3. The highest BCUT2D eigenvalue weighted by molar-refractivity contribution is 6.36. The summed E-state index contributed by atoms with van der Waals surface area (Å²) in [5.41, 5.74) is 0.917. The number of hydrogen-bond donors (Lipinski definition) is 1. The molecule has 0 aliphatic rings. The highest BCUT2D eigenvalue weighted by Gasteiger charge is 2.15. The van der Waals surface area contributed by atoms with Gasteiger partial charge in [-0.15, -0.1) is 0 Å². The molecule has 3 rings (SSSR count). The standard InChI is InChI=1S/C18H12Cl2FNO2/c19-13-5-3-6-14(20)12(13)10-22-18(23)17-9-8-16(24-17)11-4-1-2-7-15(11)21/h1-9H,10H2,(H,22,23). The molecule has 0 saturated carbocycles. The van der Waals surface area contributed by atoms with Crippen LogP contribution in [0.4, 0.5) is 4.39 Å². The first-order valence-corrected chi connectivity index (χ1v) is 7.87. The van der Waals surface area contributed by atoms with Gasteiger partial charge in [0.1, 0.15) is 11.6 Å². The molecule has 0 radical (unpaired) electrons. The van der Waals surface area contributed by atoms with Crippen molar-refractivity contribution in [2.75, 3.05) is 0 Å². The van der Waals surface area contributed by atoms with Gasteiger partial charge in [0.25, 0.3) is 5.91 Å². The van der Waals surface area contributed by atoms with E-state index in [1.807, 2.05) is 0 Å². The Labute approximate surface area is 148 Å². The van der Waals surface area contributed by atoms with E-state index >= 15 is 0 Å². The summed E-state index contributed by atoms with van der Waals surface area (Å²) in [4.78, 5) is 12.2. The maximum absolute atomic E-state index is 13.8. The normalized spacial score (nSPS) is 10.6. The average molecular weight is 364 g/mol. The molecule has 1 N–H and O–H groups in total. The number of carbonyl (C=O) groups excluding carboxylic acids is 1. The Bertz CT molecular complexity index is 872. The fraction of sp³-hybridized carbons (Fsp3) is 0.0556. The number of furan rings is 1. The van der Waals surface area contributed by atoms with Gasteiger partial charge in [0.05, 0.1) is 5.56 Å². The van der Waals surface area contributed by atoms with Crippen LogP contribution in [-0.4, -0.2) is 5.91 Å². The molecule has 0 atom stereocenters. The molecule has 1 aromatic heterocycles. The second-order valence-electron chi connectivity index (χ2n) is 5.03. The summed E-state index contributed by atoms with van der Waals surface area (Å²) in [6.45, 7) is 0.160. The lowest BCUT2D eigenvalue weighted by molar-refractivity contribution is 0.0924. The molecular weight excluding hydrogens is 352 g/mol. The smallest absolute Gasteiger partial charge is 0.287 e. The maximum Gasteiger partial charge on any atom is 0.287 e. The first-order valence-electron chi connectivity index (χ1n) is 7.12. The summed E-state index contributed by atoms with van der Waals surface area (Å²) < 4.78 is 19.2. The summed E-state index contributed by atoms with van der Waals surface area (Å²) in [7, 11) is 0. The SMILES string of the molecule is O=C(NCc1c(Cl)cccc1Cl)c1ccc(-c2ccccc2F)o1. The van der Waals surface area contributed by atoms with Crippen molar-refractivity contribution in [3.63, 3.8) is 0 Å². The van der Waals surface area contributed by atoms with Crippen LogP contribution in [0.25, 0.3) is 11.3 Å². The van der Waals surface area contributed by atoms with Gasteiger partial charge in [-0.1, -0.05) is 41.4 Å². The molecule has 1 heterocycles. The number of halogens is 3. The first-order chi connectivity index (χ1) is 11.6. The Morgan fingerprint density at radius 2 is 1.71 bits per heavy atom. The molecule has 1 amide bonds. The Balaban J connectivity index is 1.74. The van der Waals surface area contributed by atoms with Gasteiger partial charge in [-0.05, 0) is 36.4 Å². The zero-order valence-electron chi connectivity index (χ0n) is 12.4. The predicted octanol–water partition coefficient (Wildman–Crippen LogP) is 5.32. The van der Waals surface area contributed by atoms with E-state index < -0.39 is 11.7 Å². The van der Waals surface area contributed by atoms with E-state index in [0.29, 0.717) is 21.2 Å². The van der Waals surface area contributed by atoms with Crippen molar-refractivity contribution in [1.29, 1.82) is 0 Å². The lowest BCUT2D eigenvalue weighted by atomic mass is 10.1. The monoisotopic (exact) mass is 363 g/mol. The van der Waals surface area contributed by atoms with Crippen molar-refractivity contribution in [3.05, 3.63) is 81.8 Å². The lowest BCUT2D eigenvalue weighted by Gasteiger charge is -2.07. The third-order valence-corrected chi connectivity index (χ3v) is 4.16. The second kappa shape index (κ2) is 7.07. The van der Waals surface area contributed by atoms with E-state index in [4.69, 9.17) is 27.6 Å². The van der Waals surface area contributed by atoms with Gasteiger partial charge in [-0.3, -0.25) is 4.79 Å². The van der Waals surface area contributed by atoms with Crippen LogP contribution in [0, 0.1) is 5.82 Å². The van der Waals surface area contributed by atoms with Crippen LogP contribution in [0.3, 0.4) is 0 Å². The molecule has 0 saturated heterocycles. The molecule has 0 aliphatic heterocycles. The quantitative estimate of drug-likeness (QED) is 0.681. The van der Waals surface area contributed by atoms with Gasteiger partial charge in [0.2, 0.25) is 0 Å². The zero-order chi connectivity index (χ0) is 17.1. The van der Waals surface area contributed by atoms with Crippen LogP contribution < -0.4 is 5.32 Å². The Morgan fingerprint density at radius 1 is 1.00 bits per heavy atom. The number of amides is 1. The molecule has 0 fully saturated rings. The largest absolute Gasteiger partial charge is 0.451 e. The van der Waals surface area contributed by atoms with E-state index in [0.717, 1.165) is 0 Å². The molecule has 0 bridgehead atoms. The molecule has 0 aliphatic carbocycles. The Morgan fingerprint density at radius 3 is 2.42 bits per heavy atom. The van der Waals surface area contributed by atoms with Crippen LogP contribution in [0.1, 0.15) is 16.1 Å². The molecule has 0 unspecified atom stereocenters. The minimum atomic E-state index is -0.437. The molecule has 6 heteroatoms. The topological polar surface area (TPSA) is 42.2 Å². The van der Waals surface area contributed by atoms with Crippen molar-refractivity contribution in [3.8, 4) is 11.3 Å². The summed E-state index contributed by atoms with van der Waals surface area (Å²) in [6.07, 6.45) is 0. The fourth-order valence-electron chi connectivity index (χ4n) is 2.22. The first kappa shape index (κ1) is 16.6. The van der Waals surface area contributed by atoms with E-state index in [2.05, 4.69) is 5.32 Å². The number of hydrogen-bond acceptors (Lipinski definition) is 2. The van der Waals surface area contributed by atoms with Gasteiger partial charge in [0.15, 0.2) is 5.76 Å². The summed E-state index contributed by atoms with van der Waals surface area (Å²) in [5.74, 6) is -0.485. The van der Waals surface area contributed by atoms with Crippen LogP contribution in [0.15, 0.2) is 59.0 Å². The Kier molecular flexibility index (Phi) is 4.88. The number of carbonyl (C=O) groups is 1. The number of nitrogens with one attached hydrogen (secondary N) is 1. The Hall–Kier alpha value is -2.30. The maximum atomic E-state index is 13.8. The van der Waals surface area contributed by atoms with Gasteiger partial charge < -0.3 is 9.73 Å². The molecule has 2 aromatic carbocycles. The number of benzene rings is 2. The van der Waals surface area contributed by atoms with E-state index in [1.165, 1.54) is 12.1 Å². The van der Waals surface area contributed by atoms with E-state index in [1.54, 1.807) is 42.5 Å². The van der Waals surface area contributed by atoms with Crippen LogP contribution in [0.5, 0.6) is 0 Å². The fourth-order valence-corrected chi connectivity index (χ4v) is 2.75. The van der Waals surface area contributed by atoms with E-state index in [9.17, 15) is 9.18 Å². The van der Waals surface area contributed by atoms with Crippen molar-refractivity contribution >= 4 is 29.1 Å². The van der Waals surface area contributed by atoms with E-state index in [-0.39, 0.29) is 18.1 Å². The van der Waals surface area contributed by atoms with Crippen LogP contribution >= 0.6 is 23.2 Å². The second-order valence-corrected chi connectivity index (χ2v) is 5.84. The molecule has 3 aromatic rings. The van der Waals surface area contributed by atoms with Crippen molar-refractivity contribution < 1.29 is 13.6 Å². The molecular formula is C18H12Cl2FNO2. The lowest BCUT2D eigenvalue weighted by Crippen LogP contribution is -2.22. The summed E-state index contributed by atoms with van der Waals surface area (Å²) in [5, 5.41) is 3.61. The van der Waals surface area contributed by atoms with Gasteiger partial charge >= 0.3 is 0 Å². The average Bonchev–Trinajstić information content (AvgIpc) is 3.04. The van der Waals surface area contributed by atoms with Crippen molar-refractivity contribution in [2.24, 2.45) is 0 Å². The number of rotatable bonds is 4. The van der Waals surface area contributed by atoms with Gasteiger partial charge in [-0.25, -0.2) is 4.39 Å². The third-order valence-electron chi connectivity index (χ3n) is 3.46. The third kappa shape index (κ3) is 3.45. The van der Waals surface area contributed by atoms with Crippen LogP contribution in [0.2, 0.25) is 10.0 Å². The van der Waals surface area contributed by atoms with Crippen molar-refractivity contribution in [2.45, 2.75) is 6.54 Å². The van der Waals surface area contributed by atoms with Gasteiger partial charge in [0, 0.05) is 22.2 Å². The molecule has 24 heavy (non-hydrogen) atoms. The zero-order valence-corrected chi connectivity index (χ0v) is 13.9. The van der Waals surface area contributed by atoms with Crippen molar-refractivity contribution in [1.82, 2.24) is 5.32 Å². The highest BCUT2D eigenvalue weighted by atomic mass is 35.5. The predicted molar refractivity (Wildman–Crippen MR) is 91.7 cm³/mol. The minimum absolute atomic E-state index is 0.0800. The minimum Gasteiger partial charge on any atom is -0.451 e. The molecule has 122 valence electrons. The van der Waals surface area contributed by atoms with Gasteiger partial charge in [-0.2, -0.15) is 0 Å².